The standard InChI is InChI=1S/C18H33NO2/c1-5-19-12-10-8-6-7-9-11-17(21-4)18(20)16(3)13-15(2)14-19/h9,11,13,16-18,20H,5-8,10,12,14H2,1-4H3. The number of nitrogens with zero attached hydrogens (tertiary/aromatic N) is 1. The van der Waals surface area contributed by atoms with Crippen LogP contribution in [0.3, 0.4) is 0 Å². The molecular weight excluding hydrogens is 262 g/mol. The Morgan fingerprint density at radius 1 is 1.33 bits per heavy atom. The largest absolute Gasteiger partial charge is 0.389 e. The first-order chi connectivity index (χ1) is 10.1. The molecule has 0 amide bonds. The molecule has 1 heterocycles. The summed E-state index contributed by atoms with van der Waals surface area (Å²) in [6.07, 6.45) is 10.5. The number of aliphatic hydroxyl groups excluding tert-OH is 1. The van der Waals surface area contributed by atoms with E-state index >= 15 is 0 Å². The number of ether oxygens (including phenoxy) is 1. The van der Waals surface area contributed by atoms with Gasteiger partial charge in [-0.25, -0.2) is 0 Å². The second kappa shape index (κ2) is 10.1. The Labute approximate surface area is 130 Å². The van der Waals surface area contributed by atoms with Crippen molar-refractivity contribution in [3.8, 4) is 0 Å². The quantitative estimate of drug-likeness (QED) is 0.793. The fourth-order valence-corrected chi connectivity index (χ4v) is 2.94. The molecule has 1 rings (SSSR count). The molecule has 122 valence electrons. The molecule has 1 N–H and O–H groups in total. The van der Waals surface area contributed by atoms with E-state index in [-0.39, 0.29) is 12.0 Å². The Hall–Kier alpha value is -0.640. The van der Waals surface area contributed by atoms with Crippen LogP contribution in [0.5, 0.6) is 0 Å². The van der Waals surface area contributed by atoms with Crippen LogP contribution in [-0.4, -0.2) is 49.0 Å². The van der Waals surface area contributed by atoms with Crippen molar-refractivity contribution in [1.82, 2.24) is 4.90 Å². The van der Waals surface area contributed by atoms with E-state index in [1.165, 1.54) is 31.4 Å². The van der Waals surface area contributed by atoms with E-state index in [0.29, 0.717) is 0 Å². The molecule has 0 saturated carbocycles. The molecular formula is C18H33NO2. The highest BCUT2D eigenvalue weighted by molar-refractivity contribution is 5.07. The molecule has 0 aliphatic carbocycles. The summed E-state index contributed by atoms with van der Waals surface area (Å²) in [5.74, 6) is 0.0984. The predicted molar refractivity (Wildman–Crippen MR) is 89.4 cm³/mol. The number of rotatable bonds is 2. The third kappa shape index (κ3) is 6.77. The molecule has 0 aromatic heterocycles. The van der Waals surface area contributed by atoms with Gasteiger partial charge in [-0.3, -0.25) is 4.90 Å². The van der Waals surface area contributed by atoms with Crippen LogP contribution in [0.25, 0.3) is 0 Å². The zero-order valence-corrected chi connectivity index (χ0v) is 14.2. The van der Waals surface area contributed by atoms with E-state index in [0.717, 1.165) is 19.5 Å². The van der Waals surface area contributed by atoms with Crippen molar-refractivity contribution in [3.05, 3.63) is 23.8 Å². The van der Waals surface area contributed by atoms with Gasteiger partial charge in [0.15, 0.2) is 0 Å². The maximum absolute atomic E-state index is 10.5. The highest BCUT2D eigenvalue weighted by Gasteiger charge is 2.21. The summed E-state index contributed by atoms with van der Waals surface area (Å²) >= 11 is 0. The molecule has 0 saturated heterocycles. The van der Waals surface area contributed by atoms with Crippen LogP contribution in [-0.2, 0) is 4.74 Å². The molecule has 0 aromatic rings. The van der Waals surface area contributed by atoms with Crippen LogP contribution in [0.1, 0.15) is 46.5 Å². The lowest BCUT2D eigenvalue weighted by Crippen LogP contribution is -2.32. The van der Waals surface area contributed by atoms with Gasteiger partial charge < -0.3 is 9.84 Å². The summed E-state index contributed by atoms with van der Waals surface area (Å²) in [7, 11) is 1.67. The first kappa shape index (κ1) is 18.4. The first-order valence-electron chi connectivity index (χ1n) is 8.35. The Bertz CT molecular complexity index is 338. The fraction of sp³-hybridized carbons (Fsp3) is 0.778. The molecule has 0 aromatic carbocycles. The zero-order valence-electron chi connectivity index (χ0n) is 14.2. The summed E-state index contributed by atoms with van der Waals surface area (Å²) in [6, 6.07) is 0. The Morgan fingerprint density at radius 3 is 2.76 bits per heavy atom. The van der Waals surface area contributed by atoms with Crippen LogP contribution in [0, 0.1) is 5.92 Å². The molecule has 0 bridgehead atoms. The molecule has 21 heavy (non-hydrogen) atoms. The summed E-state index contributed by atoms with van der Waals surface area (Å²) in [5, 5.41) is 10.5. The topological polar surface area (TPSA) is 32.7 Å². The minimum atomic E-state index is -0.487. The molecule has 3 heteroatoms. The molecule has 0 spiro atoms. The van der Waals surface area contributed by atoms with Gasteiger partial charge in [-0.05, 0) is 39.3 Å². The molecule has 1 aliphatic rings. The summed E-state index contributed by atoms with van der Waals surface area (Å²) in [6.45, 7) is 9.71. The maximum atomic E-state index is 10.5. The number of aliphatic hydroxyl groups is 1. The van der Waals surface area contributed by atoms with Crippen molar-refractivity contribution in [2.75, 3.05) is 26.7 Å². The van der Waals surface area contributed by atoms with Crippen LogP contribution in [0.4, 0.5) is 0 Å². The highest BCUT2D eigenvalue weighted by Crippen LogP contribution is 2.16. The van der Waals surface area contributed by atoms with Gasteiger partial charge in [0.05, 0.1) is 6.10 Å². The molecule has 0 fully saturated rings. The summed E-state index contributed by atoms with van der Waals surface area (Å²) in [5.41, 5.74) is 1.33. The maximum Gasteiger partial charge on any atom is 0.102 e. The Balaban J connectivity index is 2.81. The smallest absolute Gasteiger partial charge is 0.102 e. The van der Waals surface area contributed by atoms with Gasteiger partial charge >= 0.3 is 0 Å². The number of hydrogen-bond donors (Lipinski definition) is 1. The number of methoxy groups -OCH3 is 1. The van der Waals surface area contributed by atoms with Gasteiger partial charge in [0.25, 0.3) is 0 Å². The van der Waals surface area contributed by atoms with E-state index in [2.05, 4.69) is 37.8 Å². The van der Waals surface area contributed by atoms with Gasteiger partial charge in [-0.1, -0.05) is 44.1 Å². The van der Waals surface area contributed by atoms with Crippen molar-refractivity contribution < 1.29 is 9.84 Å². The second-order valence-electron chi connectivity index (χ2n) is 6.21. The lowest BCUT2D eigenvalue weighted by atomic mass is 9.96. The molecule has 3 unspecified atom stereocenters. The normalized spacial score (nSPS) is 30.7. The average molecular weight is 295 g/mol. The van der Waals surface area contributed by atoms with E-state index in [9.17, 15) is 5.11 Å². The fourth-order valence-electron chi connectivity index (χ4n) is 2.94. The number of likely N-dealkylation sites (N-methyl/N-ethyl adjacent to an activating group) is 1. The van der Waals surface area contributed by atoms with Crippen molar-refractivity contribution in [2.45, 2.75) is 58.7 Å². The molecule has 3 atom stereocenters. The number of allylic oxidation sites excluding steroid dienone is 1. The monoisotopic (exact) mass is 295 g/mol. The predicted octanol–water partition coefficient (Wildman–Crippen LogP) is 3.40. The van der Waals surface area contributed by atoms with Gasteiger partial charge in [-0.15, -0.1) is 0 Å². The van der Waals surface area contributed by atoms with E-state index in [4.69, 9.17) is 4.74 Å². The van der Waals surface area contributed by atoms with Crippen LogP contribution in [0.2, 0.25) is 0 Å². The summed E-state index contributed by atoms with van der Waals surface area (Å²) in [4.78, 5) is 2.49. The van der Waals surface area contributed by atoms with Gasteiger partial charge in [0, 0.05) is 19.6 Å². The Morgan fingerprint density at radius 2 is 2.10 bits per heavy atom. The zero-order chi connectivity index (χ0) is 15.7. The van der Waals surface area contributed by atoms with E-state index in [1.54, 1.807) is 7.11 Å². The lowest BCUT2D eigenvalue weighted by Gasteiger charge is -2.25. The average Bonchev–Trinajstić information content (AvgIpc) is 2.47. The van der Waals surface area contributed by atoms with Crippen LogP contribution < -0.4 is 0 Å². The van der Waals surface area contributed by atoms with E-state index in [1.807, 2.05) is 6.08 Å². The lowest BCUT2D eigenvalue weighted by molar-refractivity contribution is -0.00191. The molecule has 0 radical (unpaired) electrons. The van der Waals surface area contributed by atoms with E-state index < -0.39 is 6.10 Å². The van der Waals surface area contributed by atoms with Crippen molar-refractivity contribution >= 4 is 0 Å². The van der Waals surface area contributed by atoms with Gasteiger partial charge in [0.2, 0.25) is 0 Å². The van der Waals surface area contributed by atoms with Crippen molar-refractivity contribution in [3.63, 3.8) is 0 Å². The second-order valence-corrected chi connectivity index (χ2v) is 6.21. The third-order valence-electron chi connectivity index (χ3n) is 4.29. The minimum absolute atomic E-state index is 0.0984. The number of hydrogen-bond acceptors (Lipinski definition) is 3. The molecule has 3 nitrogen and oxygen atoms in total. The van der Waals surface area contributed by atoms with Crippen LogP contribution in [0.15, 0.2) is 23.8 Å². The van der Waals surface area contributed by atoms with Gasteiger partial charge in [0.1, 0.15) is 6.10 Å². The molecule has 1 aliphatic heterocycles. The minimum Gasteiger partial charge on any atom is -0.389 e. The third-order valence-corrected chi connectivity index (χ3v) is 4.29. The van der Waals surface area contributed by atoms with Crippen molar-refractivity contribution in [1.29, 1.82) is 0 Å². The Kier molecular flexibility index (Phi) is 8.90. The summed E-state index contributed by atoms with van der Waals surface area (Å²) < 4.78 is 5.43. The first-order valence-corrected chi connectivity index (χ1v) is 8.35. The van der Waals surface area contributed by atoms with Crippen LogP contribution >= 0.6 is 0 Å². The highest BCUT2D eigenvalue weighted by atomic mass is 16.5. The van der Waals surface area contributed by atoms with Crippen molar-refractivity contribution in [2.24, 2.45) is 5.92 Å². The van der Waals surface area contributed by atoms with Gasteiger partial charge in [-0.2, -0.15) is 0 Å². The SMILES string of the molecule is CCN1CCCCCC=CC(OC)C(O)C(C)C=C(C)C1.